The highest BCUT2D eigenvalue weighted by molar-refractivity contribution is 5.87. The van der Waals surface area contributed by atoms with Crippen LogP contribution in [0.15, 0.2) is 12.2 Å². The van der Waals surface area contributed by atoms with Crippen molar-refractivity contribution in [3.8, 4) is 0 Å². The summed E-state index contributed by atoms with van der Waals surface area (Å²) in [6, 6.07) is 0. The Balaban J connectivity index is 1.87. The van der Waals surface area contributed by atoms with Crippen LogP contribution in [0.5, 0.6) is 0 Å². The Kier molecular flexibility index (Phi) is 2.68. The fraction of sp³-hybridized carbons (Fsp3) is 0.812. The fourth-order valence-electron chi connectivity index (χ4n) is 4.42. The predicted octanol–water partition coefficient (Wildman–Crippen LogP) is 3.98. The van der Waals surface area contributed by atoms with Crippen molar-refractivity contribution in [2.45, 2.75) is 52.4 Å². The van der Waals surface area contributed by atoms with Crippen molar-refractivity contribution in [2.75, 3.05) is 0 Å². The molecule has 0 aliphatic heterocycles. The average molecular weight is 232 g/mol. The van der Waals surface area contributed by atoms with E-state index in [1.165, 1.54) is 25.7 Å². The van der Waals surface area contributed by atoms with Crippen LogP contribution in [0.1, 0.15) is 52.4 Å². The minimum Gasteiger partial charge on any atom is -0.299 e. The molecule has 0 aromatic rings. The standard InChI is InChI=1S/C16H24O/c1-11-6-5-9-16(7-3-4-8-16)14(11)15(17)13-10-12(13)2/h5-6,11-14H,3-4,7-10H2,1-2H3. The van der Waals surface area contributed by atoms with E-state index in [0.717, 1.165) is 12.8 Å². The minimum absolute atomic E-state index is 0.338. The van der Waals surface area contributed by atoms with Gasteiger partial charge in [-0.3, -0.25) is 4.79 Å². The molecule has 0 heterocycles. The zero-order chi connectivity index (χ0) is 12.0. The van der Waals surface area contributed by atoms with Gasteiger partial charge in [-0.15, -0.1) is 0 Å². The van der Waals surface area contributed by atoms with Gasteiger partial charge in [-0.2, -0.15) is 0 Å². The lowest BCUT2D eigenvalue weighted by molar-refractivity contribution is -0.130. The number of hydrogen-bond donors (Lipinski definition) is 0. The van der Waals surface area contributed by atoms with Crippen molar-refractivity contribution in [3.05, 3.63) is 12.2 Å². The highest BCUT2D eigenvalue weighted by Crippen LogP contribution is 2.55. The Labute approximate surface area is 105 Å². The normalized spacial score (nSPS) is 42.9. The number of rotatable bonds is 2. The van der Waals surface area contributed by atoms with Gasteiger partial charge < -0.3 is 0 Å². The third-order valence-corrected chi connectivity index (χ3v) is 5.53. The molecule has 4 unspecified atom stereocenters. The molecule has 0 aromatic heterocycles. The van der Waals surface area contributed by atoms with Crippen LogP contribution >= 0.6 is 0 Å². The molecule has 2 saturated carbocycles. The van der Waals surface area contributed by atoms with Gasteiger partial charge in [0.15, 0.2) is 0 Å². The molecule has 2 fully saturated rings. The summed E-state index contributed by atoms with van der Waals surface area (Å²) in [6.07, 6.45) is 12.2. The average Bonchev–Trinajstić information content (AvgIpc) is 2.84. The molecule has 1 spiro atoms. The lowest BCUT2D eigenvalue weighted by Gasteiger charge is -2.42. The molecule has 0 radical (unpaired) electrons. The van der Waals surface area contributed by atoms with E-state index in [4.69, 9.17) is 0 Å². The molecule has 0 N–H and O–H groups in total. The fourth-order valence-corrected chi connectivity index (χ4v) is 4.42. The third-order valence-electron chi connectivity index (χ3n) is 5.53. The highest BCUT2D eigenvalue weighted by atomic mass is 16.1. The van der Waals surface area contributed by atoms with E-state index < -0.39 is 0 Å². The molecular formula is C16H24O. The summed E-state index contributed by atoms with van der Waals surface area (Å²) in [5, 5.41) is 0. The molecule has 0 saturated heterocycles. The molecule has 4 atom stereocenters. The summed E-state index contributed by atoms with van der Waals surface area (Å²) in [6.45, 7) is 4.48. The van der Waals surface area contributed by atoms with Crippen LogP contribution in [-0.2, 0) is 4.79 Å². The van der Waals surface area contributed by atoms with Crippen molar-refractivity contribution in [1.29, 1.82) is 0 Å². The van der Waals surface area contributed by atoms with Gasteiger partial charge in [-0.1, -0.05) is 38.8 Å². The van der Waals surface area contributed by atoms with Crippen LogP contribution in [0.2, 0.25) is 0 Å². The number of allylic oxidation sites excluding steroid dienone is 2. The molecular weight excluding hydrogens is 208 g/mol. The van der Waals surface area contributed by atoms with E-state index >= 15 is 0 Å². The molecule has 0 bridgehead atoms. The molecule has 3 aliphatic rings. The summed E-state index contributed by atoms with van der Waals surface area (Å²) < 4.78 is 0. The van der Waals surface area contributed by atoms with Crippen LogP contribution in [0.3, 0.4) is 0 Å². The number of ketones is 1. The lowest BCUT2D eigenvalue weighted by atomic mass is 9.61. The van der Waals surface area contributed by atoms with Gasteiger partial charge in [0.2, 0.25) is 0 Å². The first-order valence-electron chi connectivity index (χ1n) is 7.34. The number of Topliss-reactive ketones (excluding diaryl/α,β-unsaturated/α-hetero) is 1. The molecule has 3 rings (SSSR count). The Morgan fingerprint density at radius 2 is 1.88 bits per heavy atom. The van der Waals surface area contributed by atoms with Gasteiger partial charge in [0.1, 0.15) is 5.78 Å². The van der Waals surface area contributed by atoms with E-state index in [2.05, 4.69) is 26.0 Å². The number of carbonyl (C=O) groups excluding carboxylic acids is 1. The Hall–Kier alpha value is -0.590. The van der Waals surface area contributed by atoms with E-state index in [-0.39, 0.29) is 0 Å². The first-order valence-corrected chi connectivity index (χ1v) is 7.34. The van der Waals surface area contributed by atoms with Crippen LogP contribution in [0.25, 0.3) is 0 Å². The highest BCUT2D eigenvalue weighted by Gasteiger charge is 2.52. The molecule has 3 aliphatic carbocycles. The van der Waals surface area contributed by atoms with Gasteiger partial charge >= 0.3 is 0 Å². The van der Waals surface area contributed by atoms with Crippen LogP contribution < -0.4 is 0 Å². The van der Waals surface area contributed by atoms with Gasteiger partial charge in [0.25, 0.3) is 0 Å². The van der Waals surface area contributed by atoms with Crippen LogP contribution in [0, 0.1) is 29.1 Å². The Morgan fingerprint density at radius 1 is 1.24 bits per heavy atom. The molecule has 94 valence electrons. The predicted molar refractivity (Wildman–Crippen MR) is 69.6 cm³/mol. The van der Waals surface area contributed by atoms with Crippen LogP contribution in [0.4, 0.5) is 0 Å². The topological polar surface area (TPSA) is 17.1 Å². The zero-order valence-electron chi connectivity index (χ0n) is 11.1. The Bertz CT molecular complexity index is 349. The second kappa shape index (κ2) is 3.96. The second-order valence-corrected chi connectivity index (χ2v) is 6.76. The first kappa shape index (κ1) is 11.5. The third kappa shape index (κ3) is 1.78. The number of carbonyl (C=O) groups is 1. The quantitative estimate of drug-likeness (QED) is 0.658. The minimum atomic E-state index is 0.338. The van der Waals surface area contributed by atoms with Gasteiger partial charge in [0.05, 0.1) is 0 Å². The maximum Gasteiger partial charge on any atom is 0.140 e. The SMILES string of the molecule is CC1C=CCC2(CCCC2)C1C(=O)C1CC1C. The van der Waals surface area contributed by atoms with E-state index in [1.54, 1.807) is 0 Å². The van der Waals surface area contributed by atoms with Crippen LogP contribution in [-0.4, -0.2) is 5.78 Å². The summed E-state index contributed by atoms with van der Waals surface area (Å²) >= 11 is 0. The summed E-state index contributed by atoms with van der Waals surface area (Å²) in [5.41, 5.74) is 0.355. The van der Waals surface area contributed by atoms with Gasteiger partial charge in [0, 0.05) is 11.8 Å². The summed E-state index contributed by atoms with van der Waals surface area (Å²) in [7, 11) is 0. The van der Waals surface area contributed by atoms with Crippen molar-refractivity contribution in [3.63, 3.8) is 0 Å². The first-order chi connectivity index (χ1) is 8.14. The van der Waals surface area contributed by atoms with E-state index in [1.807, 2.05) is 0 Å². The lowest BCUT2D eigenvalue weighted by Crippen LogP contribution is -2.40. The second-order valence-electron chi connectivity index (χ2n) is 6.76. The monoisotopic (exact) mass is 232 g/mol. The number of hydrogen-bond acceptors (Lipinski definition) is 1. The Morgan fingerprint density at radius 3 is 2.47 bits per heavy atom. The summed E-state index contributed by atoms with van der Waals surface area (Å²) in [4.78, 5) is 12.7. The maximum absolute atomic E-state index is 12.7. The van der Waals surface area contributed by atoms with Crippen molar-refractivity contribution < 1.29 is 4.79 Å². The molecule has 17 heavy (non-hydrogen) atoms. The molecule has 1 heteroatoms. The molecule has 0 aromatic carbocycles. The van der Waals surface area contributed by atoms with Gasteiger partial charge in [-0.05, 0) is 42.9 Å². The van der Waals surface area contributed by atoms with Crippen molar-refractivity contribution in [1.82, 2.24) is 0 Å². The van der Waals surface area contributed by atoms with Crippen molar-refractivity contribution in [2.24, 2.45) is 29.1 Å². The summed E-state index contributed by atoms with van der Waals surface area (Å²) in [5.74, 6) is 2.49. The maximum atomic E-state index is 12.7. The van der Waals surface area contributed by atoms with E-state index in [9.17, 15) is 4.79 Å². The zero-order valence-corrected chi connectivity index (χ0v) is 11.1. The van der Waals surface area contributed by atoms with Crippen molar-refractivity contribution >= 4 is 5.78 Å². The van der Waals surface area contributed by atoms with E-state index in [0.29, 0.717) is 34.9 Å². The smallest absolute Gasteiger partial charge is 0.140 e. The molecule has 0 amide bonds. The molecule has 1 nitrogen and oxygen atoms in total. The largest absolute Gasteiger partial charge is 0.299 e. The van der Waals surface area contributed by atoms with Gasteiger partial charge in [-0.25, -0.2) is 0 Å².